The van der Waals surface area contributed by atoms with Crippen LogP contribution in [0.2, 0.25) is 5.15 Å². The molecule has 0 atom stereocenters. The first kappa shape index (κ1) is 17.7. The van der Waals surface area contributed by atoms with Gasteiger partial charge in [0.05, 0.1) is 6.04 Å². The van der Waals surface area contributed by atoms with E-state index in [0.29, 0.717) is 29.0 Å². The Hall–Kier alpha value is -2.67. The van der Waals surface area contributed by atoms with Gasteiger partial charge >= 0.3 is 5.78 Å². The molecule has 1 aliphatic rings. The summed E-state index contributed by atoms with van der Waals surface area (Å²) in [5.74, 6) is 1.35. The molecular formula is C19H22ClN6O+. The predicted molar refractivity (Wildman–Crippen MR) is 105 cm³/mol. The smallest absolute Gasteiger partial charge is 0.342 e. The van der Waals surface area contributed by atoms with Gasteiger partial charge in [-0.15, -0.1) is 4.98 Å². The Balaban J connectivity index is 2.01. The molecule has 0 aromatic carbocycles. The van der Waals surface area contributed by atoms with Gasteiger partial charge in [-0.25, -0.2) is 0 Å². The summed E-state index contributed by atoms with van der Waals surface area (Å²) in [5.41, 5.74) is 7.60. The summed E-state index contributed by atoms with van der Waals surface area (Å²) >= 11 is 6.13. The number of carbonyl (C=O) groups excluding carboxylic acids is 1. The number of pyridine rings is 1. The third-order valence-corrected chi connectivity index (χ3v) is 5.17. The van der Waals surface area contributed by atoms with Gasteiger partial charge in [0.1, 0.15) is 5.69 Å². The van der Waals surface area contributed by atoms with E-state index >= 15 is 0 Å². The van der Waals surface area contributed by atoms with Crippen molar-refractivity contribution >= 4 is 34.9 Å². The molecular weight excluding hydrogens is 364 g/mol. The minimum Gasteiger partial charge on any atom is -0.344 e. The van der Waals surface area contributed by atoms with Gasteiger partial charge in [-0.2, -0.15) is 8.97 Å². The van der Waals surface area contributed by atoms with Gasteiger partial charge in [0.25, 0.3) is 5.91 Å². The zero-order chi connectivity index (χ0) is 19.0. The lowest BCUT2D eigenvalue weighted by molar-refractivity contribution is -0.481. The molecule has 3 heterocycles. The van der Waals surface area contributed by atoms with Crippen molar-refractivity contribution in [3.63, 3.8) is 0 Å². The Morgan fingerprint density at radius 3 is 2.78 bits per heavy atom. The lowest BCUT2D eigenvalue weighted by Crippen LogP contribution is -2.34. The number of imidazole rings is 1. The van der Waals surface area contributed by atoms with Crippen LogP contribution in [-0.4, -0.2) is 26.5 Å². The van der Waals surface area contributed by atoms with Gasteiger partial charge in [-0.1, -0.05) is 36.9 Å². The highest BCUT2D eigenvalue weighted by Gasteiger charge is 2.32. The molecule has 7 nitrogen and oxygen atoms in total. The highest BCUT2D eigenvalue weighted by molar-refractivity contribution is 6.29. The zero-order valence-electron chi connectivity index (χ0n) is 15.2. The quantitative estimate of drug-likeness (QED) is 0.533. The van der Waals surface area contributed by atoms with E-state index in [4.69, 9.17) is 17.3 Å². The average Bonchev–Trinajstić information content (AvgIpc) is 2.97. The molecule has 27 heavy (non-hydrogen) atoms. The third-order valence-electron chi connectivity index (χ3n) is 4.97. The van der Waals surface area contributed by atoms with Crippen molar-refractivity contribution in [3.8, 4) is 11.4 Å². The van der Waals surface area contributed by atoms with Gasteiger partial charge in [0, 0.05) is 19.2 Å². The van der Waals surface area contributed by atoms with Gasteiger partial charge in [-0.3, -0.25) is 9.78 Å². The number of fused-ring (bicyclic) bond motifs is 1. The molecule has 0 radical (unpaired) electrons. The van der Waals surface area contributed by atoms with Crippen LogP contribution in [-0.2, 0) is 0 Å². The van der Waals surface area contributed by atoms with Crippen LogP contribution in [0, 0.1) is 0 Å². The van der Waals surface area contributed by atoms with Gasteiger partial charge < -0.3 is 11.1 Å². The number of nitrogens with one attached hydrogen (secondary N) is 1. The Kier molecular flexibility index (Phi) is 4.70. The van der Waals surface area contributed by atoms with E-state index in [-0.39, 0.29) is 11.1 Å². The van der Waals surface area contributed by atoms with Crippen LogP contribution in [0.4, 0.5) is 11.6 Å². The largest absolute Gasteiger partial charge is 0.344 e. The van der Waals surface area contributed by atoms with E-state index in [1.807, 2.05) is 18.2 Å². The second-order valence-corrected chi connectivity index (χ2v) is 7.27. The van der Waals surface area contributed by atoms with Crippen molar-refractivity contribution in [1.82, 2.24) is 14.5 Å². The van der Waals surface area contributed by atoms with Crippen LogP contribution in [0.3, 0.4) is 0 Å². The summed E-state index contributed by atoms with van der Waals surface area (Å²) in [4.78, 5) is 21.4. The number of halogens is 1. The minimum absolute atomic E-state index is 0.181. The number of hydrogen-bond donors (Lipinski definition) is 2. The van der Waals surface area contributed by atoms with Crippen LogP contribution in [0.1, 0.15) is 43.8 Å². The van der Waals surface area contributed by atoms with Crippen molar-refractivity contribution in [1.29, 1.82) is 0 Å². The minimum atomic E-state index is -0.181. The van der Waals surface area contributed by atoms with Crippen molar-refractivity contribution < 1.29 is 9.20 Å². The highest BCUT2D eigenvalue weighted by Crippen LogP contribution is 2.30. The normalized spacial score (nSPS) is 15.2. The molecule has 0 aliphatic heterocycles. The number of carbonyl (C=O) groups is 1. The molecule has 3 aromatic heterocycles. The van der Waals surface area contributed by atoms with Crippen LogP contribution < -0.4 is 15.5 Å². The lowest BCUT2D eigenvalue weighted by atomic mass is 9.95. The topological polar surface area (TPSA) is 89.9 Å². The Morgan fingerprint density at radius 2 is 2.11 bits per heavy atom. The molecule has 0 bridgehead atoms. The standard InChI is InChI=1S/C19H21ClN6O/c1-12(27)25-17(14-9-5-6-10-22-14)18(23-13-7-3-2-4-8-13)26-16(21)11-15(20)24-19(25)26/h5-6,9-11,13,21H,2-4,7-8H2,1H3,(H,22,23)/p+1. The molecule has 1 aliphatic carbocycles. The Morgan fingerprint density at radius 1 is 1.33 bits per heavy atom. The fraction of sp³-hybridized carbons (Fsp3) is 0.368. The fourth-order valence-corrected chi connectivity index (χ4v) is 3.97. The highest BCUT2D eigenvalue weighted by atomic mass is 35.5. The zero-order valence-corrected chi connectivity index (χ0v) is 15.9. The molecule has 140 valence electrons. The van der Waals surface area contributed by atoms with Gasteiger partial charge in [-0.05, 0) is 25.0 Å². The fourth-order valence-electron chi connectivity index (χ4n) is 3.78. The van der Waals surface area contributed by atoms with E-state index in [1.54, 1.807) is 16.7 Å². The second-order valence-electron chi connectivity index (χ2n) is 6.89. The molecule has 1 fully saturated rings. The van der Waals surface area contributed by atoms with Crippen molar-refractivity contribution in [2.75, 3.05) is 11.1 Å². The SMILES string of the molecule is CC(=O)n1c(-c2ccccn2)c(NC2CCCCC2)[n+]2c(N)cc(Cl)nc12. The van der Waals surface area contributed by atoms with E-state index in [0.717, 1.165) is 18.7 Å². The van der Waals surface area contributed by atoms with Crippen LogP contribution in [0.5, 0.6) is 0 Å². The molecule has 0 saturated heterocycles. The molecule has 0 unspecified atom stereocenters. The summed E-state index contributed by atoms with van der Waals surface area (Å²) in [6, 6.07) is 7.51. The molecule has 0 spiro atoms. The van der Waals surface area contributed by atoms with E-state index in [9.17, 15) is 4.79 Å². The maximum Gasteiger partial charge on any atom is 0.342 e. The number of rotatable bonds is 3. The molecule has 4 rings (SSSR count). The van der Waals surface area contributed by atoms with E-state index < -0.39 is 0 Å². The summed E-state index contributed by atoms with van der Waals surface area (Å²) in [5, 5.41) is 3.85. The lowest BCUT2D eigenvalue weighted by Gasteiger charge is -2.21. The average molecular weight is 386 g/mol. The first-order valence-corrected chi connectivity index (χ1v) is 9.55. The van der Waals surface area contributed by atoms with Crippen LogP contribution in [0.15, 0.2) is 30.5 Å². The first-order valence-electron chi connectivity index (χ1n) is 9.17. The predicted octanol–water partition coefficient (Wildman–Crippen LogP) is 3.32. The van der Waals surface area contributed by atoms with Gasteiger partial charge in [0.2, 0.25) is 5.82 Å². The number of anilines is 2. The second kappa shape index (κ2) is 7.15. The maximum absolute atomic E-state index is 12.6. The summed E-state index contributed by atoms with van der Waals surface area (Å²) < 4.78 is 3.28. The number of nitrogens with zero attached hydrogens (tertiary/aromatic N) is 4. The number of nitrogen functional groups attached to an aromatic ring is 1. The van der Waals surface area contributed by atoms with Crippen LogP contribution >= 0.6 is 11.6 Å². The van der Waals surface area contributed by atoms with Crippen molar-refractivity contribution in [3.05, 3.63) is 35.6 Å². The number of nitrogens with two attached hydrogens (primary N) is 1. The maximum atomic E-state index is 12.6. The number of hydrogen-bond acceptors (Lipinski definition) is 5. The molecule has 0 amide bonds. The van der Waals surface area contributed by atoms with E-state index in [1.165, 1.54) is 30.8 Å². The summed E-state index contributed by atoms with van der Waals surface area (Å²) in [6.07, 6.45) is 7.49. The summed E-state index contributed by atoms with van der Waals surface area (Å²) in [7, 11) is 0. The molecule has 3 N–H and O–H groups in total. The number of aromatic nitrogens is 4. The summed E-state index contributed by atoms with van der Waals surface area (Å²) in [6.45, 7) is 1.50. The van der Waals surface area contributed by atoms with E-state index in [2.05, 4.69) is 15.3 Å². The Labute approximate surface area is 162 Å². The molecule has 3 aromatic rings. The molecule has 1 saturated carbocycles. The Bertz CT molecular complexity index is 995. The van der Waals surface area contributed by atoms with Crippen molar-refractivity contribution in [2.24, 2.45) is 0 Å². The monoisotopic (exact) mass is 385 g/mol. The van der Waals surface area contributed by atoms with Crippen molar-refractivity contribution in [2.45, 2.75) is 45.1 Å². The van der Waals surface area contributed by atoms with Crippen LogP contribution in [0.25, 0.3) is 17.2 Å². The third kappa shape index (κ3) is 3.23. The first-order chi connectivity index (χ1) is 13.1. The molecule has 8 heteroatoms. The van der Waals surface area contributed by atoms with Gasteiger partial charge in [0.15, 0.2) is 16.7 Å².